The van der Waals surface area contributed by atoms with E-state index in [1.54, 1.807) is 6.20 Å². The van der Waals surface area contributed by atoms with Gasteiger partial charge in [-0.15, -0.1) is 0 Å². The van der Waals surface area contributed by atoms with Crippen LogP contribution < -0.4 is 10.2 Å². The van der Waals surface area contributed by atoms with E-state index in [1.165, 1.54) is 17.7 Å². The molecule has 22 heavy (non-hydrogen) atoms. The first-order valence-corrected chi connectivity index (χ1v) is 8.44. The Labute approximate surface area is 137 Å². The van der Waals surface area contributed by atoms with Crippen LogP contribution in [0.5, 0.6) is 0 Å². The van der Waals surface area contributed by atoms with Crippen molar-refractivity contribution in [3.05, 3.63) is 10.8 Å². The number of hydrogen-bond donors (Lipinski definition) is 2. The van der Waals surface area contributed by atoms with E-state index in [0.717, 1.165) is 37.6 Å². The van der Waals surface area contributed by atoms with Gasteiger partial charge in [0.15, 0.2) is 11.6 Å². The van der Waals surface area contributed by atoms with Gasteiger partial charge in [-0.3, -0.25) is 0 Å². The minimum absolute atomic E-state index is 0.0785. The van der Waals surface area contributed by atoms with Gasteiger partial charge in [-0.1, -0.05) is 0 Å². The molecule has 0 radical (unpaired) electrons. The molecule has 1 aromatic rings. The molecular formula is C14H20BrN5O2. The quantitative estimate of drug-likeness (QED) is 0.851. The lowest BCUT2D eigenvalue weighted by Gasteiger charge is -2.32. The summed E-state index contributed by atoms with van der Waals surface area (Å²) in [5.74, 6) is 1.61. The van der Waals surface area contributed by atoms with Crippen LogP contribution in [0.2, 0.25) is 0 Å². The molecule has 0 aromatic carbocycles. The van der Waals surface area contributed by atoms with Crippen LogP contribution >= 0.6 is 15.9 Å². The van der Waals surface area contributed by atoms with E-state index < -0.39 is 6.09 Å². The molecule has 2 N–H and O–H groups in total. The van der Waals surface area contributed by atoms with Crippen molar-refractivity contribution in [1.29, 1.82) is 0 Å². The fourth-order valence-corrected chi connectivity index (χ4v) is 3.36. The first-order valence-electron chi connectivity index (χ1n) is 7.65. The van der Waals surface area contributed by atoms with E-state index in [-0.39, 0.29) is 6.04 Å². The van der Waals surface area contributed by atoms with Gasteiger partial charge in [0.1, 0.15) is 4.60 Å². The van der Waals surface area contributed by atoms with E-state index >= 15 is 0 Å². The molecule has 1 aromatic heterocycles. The molecule has 8 heteroatoms. The van der Waals surface area contributed by atoms with E-state index in [9.17, 15) is 4.79 Å². The average Bonchev–Trinajstić information content (AvgIpc) is 3.02. The average molecular weight is 370 g/mol. The summed E-state index contributed by atoms with van der Waals surface area (Å²) in [5, 5.41) is 12.5. The Kier molecular flexibility index (Phi) is 4.66. The second kappa shape index (κ2) is 6.68. The van der Waals surface area contributed by atoms with Gasteiger partial charge in [0.05, 0.1) is 6.20 Å². The Hall–Kier alpha value is -1.57. The third kappa shape index (κ3) is 3.43. The summed E-state index contributed by atoms with van der Waals surface area (Å²) in [6.45, 7) is 3.09. The summed E-state index contributed by atoms with van der Waals surface area (Å²) in [4.78, 5) is 23.9. The van der Waals surface area contributed by atoms with Crippen molar-refractivity contribution in [2.45, 2.75) is 31.7 Å². The van der Waals surface area contributed by atoms with Crippen molar-refractivity contribution < 1.29 is 9.90 Å². The summed E-state index contributed by atoms with van der Waals surface area (Å²) in [6.07, 6.45) is 5.01. The molecule has 2 saturated heterocycles. The number of halogens is 1. The van der Waals surface area contributed by atoms with Crippen LogP contribution in [0.25, 0.3) is 0 Å². The topological polar surface area (TPSA) is 81.6 Å². The molecule has 2 fully saturated rings. The number of piperidine rings is 1. The Bertz CT molecular complexity index is 550. The minimum Gasteiger partial charge on any atom is -0.465 e. The lowest BCUT2D eigenvalue weighted by atomic mass is 10.1. The highest BCUT2D eigenvalue weighted by Gasteiger charge is 2.25. The summed E-state index contributed by atoms with van der Waals surface area (Å²) in [7, 11) is 0. The van der Waals surface area contributed by atoms with Crippen LogP contribution in [0.4, 0.5) is 16.4 Å². The second-order valence-corrected chi connectivity index (χ2v) is 6.58. The number of anilines is 2. The first-order chi connectivity index (χ1) is 10.6. The van der Waals surface area contributed by atoms with E-state index in [1.807, 2.05) is 0 Å². The van der Waals surface area contributed by atoms with Crippen molar-refractivity contribution in [2.75, 3.05) is 36.4 Å². The van der Waals surface area contributed by atoms with Gasteiger partial charge in [0.2, 0.25) is 0 Å². The number of rotatable bonds is 3. The number of likely N-dealkylation sites (tertiary alicyclic amines) is 1. The van der Waals surface area contributed by atoms with Crippen molar-refractivity contribution in [2.24, 2.45) is 0 Å². The number of nitrogens with one attached hydrogen (secondary N) is 1. The highest BCUT2D eigenvalue weighted by Crippen LogP contribution is 2.28. The monoisotopic (exact) mass is 369 g/mol. The van der Waals surface area contributed by atoms with E-state index in [2.05, 4.69) is 36.1 Å². The second-order valence-electron chi connectivity index (χ2n) is 5.77. The molecular weight excluding hydrogens is 350 g/mol. The largest absolute Gasteiger partial charge is 0.465 e. The Morgan fingerprint density at radius 2 is 2.09 bits per heavy atom. The highest BCUT2D eigenvalue weighted by molar-refractivity contribution is 9.10. The molecule has 7 nitrogen and oxygen atoms in total. The van der Waals surface area contributed by atoms with Gasteiger partial charge in [0, 0.05) is 32.2 Å². The number of carbonyl (C=O) groups is 1. The smallest absolute Gasteiger partial charge is 0.407 e. The number of nitrogens with zero attached hydrogens (tertiary/aromatic N) is 4. The zero-order valence-electron chi connectivity index (χ0n) is 12.3. The molecule has 1 atom stereocenters. The van der Waals surface area contributed by atoms with Crippen LogP contribution in [0, 0.1) is 0 Å². The molecule has 2 aliphatic rings. The predicted octanol–water partition coefficient (Wildman–Crippen LogP) is 2.39. The van der Waals surface area contributed by atoms with Crippen LogP contribution in [0.3, 0.4) is 0 Å². The van der Waals surface area contributed by atoms with E-state index in [4.69, 9.17) is 5.11 Å². The molecule has 3 heterocycles. The van der Waals surface area contributed by atoms with Gasteiger partial charge < -0.3 is 20.2 Å². The van der Waals surface area contributed by atoms with Crippen LogP contribution in [-0.2, 0) is 0 Å². The third-order valence-corrected chi connectivity index (χ3v) is 4.54. The fraction of sp³-hybridized carbons (Fsp3) is 0.643. The van der Waals surface area contributed by atoms with Crippen molar-refractivity contribution in [3.63, 3.8) is 0 Å². The maximum atomic E-state index is 11.1. The van der Waals surface area contributed by atoms with Crippen LogP contribution in [-0.4, -0.2) is 58.3 Å². The number of carboxylic acid groups (broad SMARTS) is 1. The predicted molar refractivity (Wildman–Crippen MR) is 87.4 cm³/mol. The van der Waals surface area contributed by atoms with Crippen LogP contribution in [0.1, 0.15) is 25.7 Å². The molecule has 0 spiro atoms. The molecule has 0 saturated carbocycles. The maximum Gasteiger partial charge on any atom is 0.407 e. The lowest BCUT2D eigenvalue weighted by molar-refractivity contribution is 0.133. The SMILES string of the molecule is O=C(O)N1CCCC(Nc2nc(Br)cnc2N2CCCC2)C1. The van der Waals surface area contributed by atoms with Gasteiger partial charge in [-0.25, -0.2) is 14.8 Å². The molecule has 0 bridgehead atoms. The summed E-state index contributed by atoms with van der Waals surface area (Å²) in [5.41, 5.74) is 0. The standard InChI is InChI=1S/C14H20BrN5O2/c15-11-8-16-13(19-5-1-2-6-19)12(18-11)17-10-4-3-7-20(9-10)14(21)22/h8,10H,1-7,9H2,(H,17,18)(H,21,22). The molecule has 0 aliphatic carbocycles. The summed E-state index contributed by atoms with van der Waals surface area (Å²) in [6, 6.07) is 0.0785. The van der Waals surface area contributed by atoms with E-state index in [0.29, 0.717) is 17.7 Å². The fourth-order valence-electron chi connectivity index (χ4n) is 3.08. The Morgan fingerprint density at radius 3 is 2.82 bits per heavy atom. The first kappa shape index (κ1) is 15.3. The lowest BCUT2D eigenvalue weighted by Crippen LogP contribution is -2.44. The van der Waals surface area contributed by atoms with Gasteiger partial charge in [-0.2, -0.15) is 0 Å². The van der Waals surface area contributed by atoms with Crippen LogP contribution in [0.15, 0.2) is 10.8 Å². The minimum atomic E-state index is -0.855. The van der Waals surface area contributed by atoms with Crippen molar-refractivity contribution in [3.8, 4) is 0 Å². The van der Waals surface area contributed by atoms with Gasteiger partial charge in [-0.05, 0) is 41.6 Å². The maximum absolute atomic E-state index is 11.1. The van der Waals surface area contributed by atoms with Gasteiger partial charge >= 0.3 is 6.09 Å². The number of amides is 1. The third-order valence-electron chi connectivity index (χ3n) is 4.16. The van der Waals surface area contributed by atoms with Gasteiger partial charge in [0.25, 0.3) is 0 Å². The highest BCUT2D eigenvalue weighted by atomic mass is 79.9. The molecule has 120 valence electrons. The number of aromatic nitrogens is 2. The zero-order chi connectivity index (χ0) is 15.5. The number of hydrogen-bond acceptors (Lipinski definition) is 5. The molecule has 3 rings (SSSR count). The van der Waals surface area contributed by atoms with Crippen molar-refractivity contribution >= 4 is 33.7 Å². The zero-order valence-corrected chi connectivity index (χ0v) is 13.9. The molecule has 1 unspecified atom stereocenters. The normalized spacial score (nSPS) is 22.0. The van der Waals surface area contributed by atoms with Crippen molar-refractivity contribution in [1.82, 2.24) is 14.9 Å². The molecule has 1 amide bonds. The summed E-state index contributed by atoms with van der Waals surface area (Å²) < 4.78 is 0.684. The Morgan fingerprint density at radius 1 is 1.32 bits per heavy atom. The molecule has 2 aliphatic heterocycles. The Balaban J connectivity index is 1.76. The summed E-state index contributed by atoms with van der Waals surface area (Å²) >= 11 is 3.37.